The molecule has 0 aromatic heterocycles. The van der Waals surface area contributed by atoms with Gasteiger partial charge in [0.25, 0.3) is 0 Å². The summed E-state index contributed by atoms with van der Waals surface area (Å²) in [5, 5.41) is -0.642. The predicted octanol–water partition coefficient (Wildman–Crippen LogP) is 7.93. The standard InChI is InChI=1S/C31H42O3S/c1-21(2)13-12-14-22(3)19-28(35(32,33)27-15-10-9-11-16-27)20-31(8)18-17-29-25(6)23(4)24(5)26(7)30(29)34-31/h9-11,13,15-16,19,28H,12,14,17-18,20H2,1-8H3/b22-19+/t28?,31-/m1/s1. The average Bonchev–Trinajstić information content (AvgIpc) is 2.81. The Bertz CT molecular complexity index is 1230. The highest BCUT2D eigenvalue weighted by Crippen LogP contribution is 2.43. The van der Waals surface area contributed by atoms with Crippen molar-refractivity contribution in [3.8, 4) is 5.75 Å². The molecule has 0 spiro atoms. The van der Waals surface area contributed by atoms with Gasteiger partial charge >= 0.3 is 0 Å². The monoisotopic (exact) mass is 494 g/mol. The van der Waals surface area contributed by atoms with Gasteiger partial charge in [-0.25, -0.2) is 8.42 Å². The zero-order valence-corrected chi connectivity index (χ0v) is 23.6. The van der Waals surface area contributed by atoms with Crippen LogP contribution in [-0.4, -0.2) is 19.3 Å². The number of hydrogen-bond donors (Lipinski definition) is 0. The summed E-state index contributed by atoms with van der Waals surface area (Å²) in [6, 6.07) is 8.84. The van der Waals surface area contributed by atoms with Crippen LogP contribution >= 0.6 is 0 Å². The fourth-order valence-corrected chi connectivity index (χ4v) is 6.95. The SMILES string of the molecule is CC(C)=CCC/C(C)=C/C(C[C@@]1(C)CCc2c(C)c(C)c(C)c(C)c2O1)S(=O)(=O)c1ccccc1. The van der Waals surface area contributed by atoms with E-state index < -0.39 is 20.7 Å². The molecule has 0 fully saturated rings. The Morgan fingerprint density at radius 1 is 1.00 bits per heavy atom. The van der Waals surface area contributed by atoms with Gasteiger partial charge in [0, 0.05) is 6.42 Å². The van der Waals surface area contributed by atoms with Crippen molar-refractivity contribution in [3.05, 3.63) is 81.4 Å². The minimum absolute atomic E-state index is 0.372. The smallest absolute Gasteiger partial charge is 0.184 e. The number of ether oxygens (including phenoxy) is 1. The maximum Gasteiger partial charge on any atom is 0.184 e. The first kappa shape index (κ1) is 27.3. The normalized spacial score (nSPS) is 19.0. The highest BCUT2D eigenvalue weighted by Gasteiger charge is 2.39. The molecule has 3 rings (SSSR count). The lowest BCUT2D eigenvalue weighted by atomic mass is 9.83. The lowest BCUT2D eigenvalue weighted by Gasteiger charge is -2.39. The van der Waals surface area contributed by atoms with Crippen LogP contribution in [0.2, 0.25) is 0 Å². The molecule has 0 amide bonds. The Kier molecular flexibility index (Phi) is 8.36. The van der Waals surface area contributed by atoms with Crippen LogP contribution in [0.25, 0.3) is 0 Å². The second-order valence-corrected chi connectivity index (χ2v) is 13.0. The molecule has 1 unspecified atom stereocenters. The van der Waals surface area contributed by atoms with Crippen LogP contribution in [0.4, 0.5) is 0 Å². The number of sulfone groups is 1. The van der Waals surface area contributed by atoms with Gasteiger partial charge < -0.3 is 4.74 Å². The van der Waals surface area contributed by atoms with E-state index in [4.69, 9.17) is 4.74 Å². The summed E-state index contributed by atoms with van der Waals surface area (Å²) < 4.78 is 34.4. The molecule has 0 radical (unpaired) electrons. The van der Waals surface area contributed by atoms with Gasteiger partial charge in [-0.2, -0.15) is 0 Å². The third-order valence-electron chi connectivity index (χ3n) is 7.67. The summed E-state index contributed by atoms with van der Waals surface area (Å²) in [4.78, 5) is 0.372. The largest absolute Gasteiger partial charge is 0.487 e. The van der Waals surface area contributed by atoms with Crippen molar-refractivity contribution in [2.24, 2.45) is 0 Å². The van der Waals surface area contributed by atoms with Gasteiger partial charge in [0.05, 0.1) is 10.1 Å². The number of fused-ring (bicyclic) bond motifs is 1. The minimum Gasteiger partial charge on any atom is -0.487 e. The molecule has 0 aliphatic carbocycles. The van der Waals surface area contributed by atoms with E-state index >= 15 is 0 Å². The van der Waals surface area contributed by atoms with E-state index in [1.165, 1.54) is 33.4 Å². The topological polar surface area (TPSA) is 43.4 Å². The van der Waals surface area contributed by atoms with E-state index in [1.807, 2.05) is 19.1 Å². The first-order valence-corrected chi connectivity index (χ1v) is 14.3. The molecule has 0 saturated carbocycles. The lowest BCUT2D eigenvalue weighted by Crippen LogP contribution is -2.42. The summed E-state index contributed by atoms with van der Waals surface area (Å²) in [7, 11) is -3.56. The van der Waals surface area contributed by atoms with Crippen LogP contribution in [0.5, 0.6) is 5.75 Å². The van der Waals surface area contributed by atoms with Gasteiger partial charge in [-0.1, -0.05) is 41.5 Å². The van der Waals surface area contributed by atoms with Gasteiger partial charge in [0.2, 0.25) is 0 Å². The highest BCUT2D eigenvalue weighted by molar-refractivity contribution is 7.92. The molecule has 2 atom stereocenters. The minimum atomic E-state index is -3.56. The molecular formula is C31H42O3S. The fourth-order valence-electron chi connectivity index (χ4n) is 5.08. The van der Waals surface area contributed by atoms with E-state index in [9.17, 15) is 8.42 Å². The summed E-state index contributed by atoms with van der Waals surface area (Å²) in [5.74, 6) is 0.958. The molecule has 0 bridgehead atoms. The third kappa shape index (κ3) is 6.09. The zero-order valence-electron chi connectivity index (χ0n) is 22.8. The van der Waals surface area contributed by atoms with Gasteiger partial charge in [0.15, 0.2) is 9.84 Å². The number of allylic oxidation sites excluding steroid dienone is 3. The maximum absolute atomic E-state index is 13.8. The van der Waals surface area contributed by atoms with Gasteiger partial charge in [0.1, 0.15) is 11.4 Å². The quantitative estimate of drug-likeness (QED) is 0.350. The number of hydrogen-bond acceptors (Lipinski definition) is 3. The molecule has 1 aliphatic heterocycles. The van der Waals surface area contributed by atoms with Crippen LogP contribution in [0.3, 0.4) is 0 Å². The zero-order chi connectivity index (χ0) is 26.0. The van der Waals surface area contributed by atoms with Crippen molar-refractivity contribution in [2.45, 2.75) is 103 Å². The van der Waals surface area contributed by atoms with E-state index in [0.29, 0.717) is 11.3 Å². The molecule has 1 heterocycles. The Hall–Kier alpha value is -2.33. The number of rotatable bonds is 8. The first-order valence-electron chi connectivity index (χ1n) is 12.7. The molecule has 2 aromatic carbocycles. The van der Waals surface area contributed by atoms with Crippen molar-refractivity contribution < 1.29 is 13.2 Å². The van der Waals surface area contributed by atoms with Gasteiger partial charge in [-0.3, -0.25) is 0 Å². The van der Waals surface area contributed by atoms with Crippen LogP contribution < -0.4 is 4.74 Å². The summed E-state index contributed by atoms with van der Waals surface area (Å²) >= 11 is 0. The summed E-state index contributed by atoms with van der Waals surface area (Å²) in [6.45, 7) is 16.9. The Morgan fingerprint density at radius 3 is 2.26 bits per heavy atom. The number of benzene rings is 2. The van der Waals surface area contributed by atoms with Crippen molar-refractivity contribution in [2.75, 3.05) is 0 Å². The van der Waals surface area contributed by atoms with E-state index in [0.717, 1.165) is 37.0 Å². The van der Waals surface area contributed by atoms with Crippen molar-refractivity contribution in [1.29, 1.82) is 0 Å². The summed E-state index contributed by atoms with van der Waals surface area (Å²) in [6.07, 6.45) is 8.08. The van der Waals surface area contributed by atoms with Gasteiger partial charge in [-0.15, -0.1) is 0 Å². The Labute approximate surface area is 213 Å². The van der Waals surface area contributed by atoms with Crippen LogP contribution in [0.15, 0.2) is 58.5 Å². The molecule has 4 heteroatoms. The second kappa shape index (κ2) is 10.7. The Balaban J connectivity index is 1.98. The summed E-state index contributed by atoms with van der Waals surface area (Å²) in [5.41, 5.74) is 8.16. The van der Waals surface area contributed by atoms with Crippen LogP contribution in [0, 0.1) is 27.7 Å². The molecule has 3 nitrogen and oxygen atoms in total. The maximum atomic E-state index is 13.8. The van der Waals surface area contributed by atoms with E-state index in [1.54, 1.807) is 24.3 Å². The molecule has 1 aliphatic rings. The molecule has 35 heavy (non-hydrogen) atoms. The molecule has 2 aromatic rings. The predicted molar refractivity (Wildman–Crippen MR) is 147 cm³/mol. The fraction of sp³-hybridized carbons (Fsp3) is 0.484. The van der Waals surface area contributed by atoms with Crippen molar-refractivity contribution in [1.82, 2.24) is 0 Å². The van der Waals surface area contributed by atoms with E-state index in [2.05, 4.69) is 54.5 Å². The van der Waals surface area contributed by atoms with Crippen LogP contribution in [0.1, 0.15) is 81.2 Å². The van der Waals surface area contributed by atoms with E-state index in [-0.39, 0.29) is 0 Å². The third-order valence-corrected chi connectivity index (χ3v) is 9.70. The van der Waals surface area contributed by atoms with Crippen molar-refractivity contribution in [3.63, 3.8) is 0 Å². The first-order chi connectivity index (χ1) is 16.4. The average molecular weight is 495 g/mol. The van der Waals surface area contributed by atoms with Crippen LogP contribution in [-0.2, 0) is 16.3 Å². The molecule has 0 saturated heterocycles. The molecule has 0 N–H and O–H groups in total. The van der Waals surface area contributed by atoms with Crippen molar-refractivity contribution >= 4 is 9.84 Å². The molecule has 190 valence electrons. The molecular weight excluding hydrogens is 452 g/mol. The Morgan fingerprint density at radius 2 is 1.63 bits per heavy atom. The second-order valence-electron chi connectivity index (χ2n) is 10.8. The lowest BCUT2D eigenvalue weighted by molar-refractivity contribution is 0.0566. The highest BCUT2D eigenvalue weighted by atomic mass is 32.2. The van der Waals surface area contributed by atoms with Gasteiger partial charge in [-0.05, 0) is 121 Å².